The molecule has 1 rings (SSSR count). The molecule has 0 spiro atoms. The van der Waals surface area contributed by atoms with Crippen LogP contribution in [0.15, 0.2) is 18.2 Å². The Hall–Kier alpha value is -0.820. The van der Waals surface area contributed by atoms with Crippen molar-refractivity contribution in [1.29, 1.82) is 0 Å². The van der Waals surface area contributed by atoms with E-state index in [0.29, 0.717) is 25.3 Å². The third-order valence-corrected chi connectivity index (χ3v) is 2.86. The summed E-state index contributed by atoms with van der Waals surface area (Å²) >= 11 is 2.00. The molecule has 5 heteroatoms. The Balaban J connectivity index is 2.50. The Bertz CT molecular complexity index is 368. The number of phenols is 1. The van der Waals surface area contributed by atoms with E-state index < -0.39 is 0 Å². The molecule has 0 heterocycles. The van der Waals surface area contributed by atoms with Crippen LogP contribution in [0.1, 0.15) is 17.3 Å². The predicted molar refractivity (Wildman–Crippen MR) is 69.7 cm³/mol. The van der Waals surface area contributed by atoms with E-state index in [9.17, 15) is 9.90 Å². The predicted octanol–water partition coefficient (Wildman–Crippen LogP) is 1.76. The first-order valence-corrected chi connectivity index (χ1v) is 6.07. The fraction of sp³-hybridized carbons (Fsp3) is 0.364. The van der Waals surface area contributed by atoms with Gasteiger partial charge in [0.15, 0.2) is 0 Å². The van der Waals surface area contributed by atoms with Gasteiger partial charge < -0.3 is 15.2 Å². The highest BCUT2D eigenvalue weighted by Gasteiger charge is 2.07. The van der Waals surface area contributed by atoms with Crippen molar-refractivity contribution in [3.63, 3.8) is 0 Å². The number of rotatable bonds is 5. The van der Waals surface area contributed by atoms with Gasteiger partial charge in [-0.15, -0.1) is 0 Å². The third kappa shape index (κ3) is 3.97. The zero-order valence-electron chi connectivity index (χ0n) is 9.00. The molecule has 1 aromatic rings. The summed E-state index contributed by atoms with van der Waals surface area (Å²) in [5.74, 6) is -0.0792. The first kappa shape index (κ1) is 13.2. The molecule has 1 amide bonds. The van der Waals surface area contributed by atoms with Crippen LogP contribution < -0.4 is 5.32 Å². The van der Waals surface area contributed by atoms with E-state index in [-0.39, 0.29) is 11.7 Å². The molecular weight excluding hydrogens is 321 g/mol. The zero-order valence-corrected chi connectivity index (χ0v) is 11.2. The highest BCUT2D eigenvalue weighted by Crippen LogP contribution is 2.20. The van der Waals surface area contributed by atoms with Gasteiger partial charge in [-0.3, -0.25) is 4.79 Å². The lowest BCUT2D eigenvalue weighted by molar-refractivity contribution is 0.0922. The monoisotopic (exact) mass is 335 g/mol. The minimum absolute atomic E-state index is 0.123. The quantitative estimate of drug-likeness (QED) is 0.637. The van der Waals surface area contributed by atoms with Crippen molar-refractivity contribution in [3.8, 4) is 5.75 Å². The summed E-state index contributed by atoms with van der Waals surface area (Å²) in [4.78, 5) is 11.6. The van der Waals surface area contributed by atoms with Gasteiger partial charge in [-0.05, 0) is 47.7 Å². The second kappa shape index (κ2) is 6.70. The topological polar surface area (TPSA) is 58.6 Å². The number of carbonyl (C=O) groups excluding carboxylic acids is 1. The maximum absolute atomic E-state index is 11.6. The Labute approximate surface area is 108 Å². The first-order chi connectivity index (χ1) is 7.65. The summed E-state index contributed by atoms with van der Waals surface area (Å²) in [5.41, 5.74) is 0.453. The van der Waals surface area contributed by atoms with Gasteiger partial charge in [0.1, 0.15) is 5.75 Å². The van der Waals surface area contributed by atoms with Crippen molar-refractivity contribution in [2.45, 2.75) is 6.92 Å². The van der Waals surface area contributed by atoms with Crippen molar-refractivity contribution < 1.29 is 14.6 Å². The summed E-state index contributed by atoms with van der Waals surface area (Å²) in [5, 5.41) is 12.1. The fourth-order valence-corrected chi connectivity index (χ4v) is 1.47. The highest BCUT2D eigenvalue weighted by molar-refractivity contribution is 14.1. The standard InChI is InChI=1S/C11H14INO3/c1-2-16-6-5-13-11(15)8-3-4-9(12)10(14)7-8/h3-4,7,14H,2,5-6H2,1H3,(H,13,15). The average molecular weight is 335 g/mol. The van der Waals surface area contributed by atoms with Crippen LogP contribution in [0.2, 0.25) is 0 Å². The number of benzene rings is 1. The number of ether oxygens (including phenoxy) is 1. The molecule has 4 nitrogen and oxygen atoms in total. The molecule has 0 saturated heterocycles. The number of aromatic hydroxyl groups is 1. The van der Waals surface area contributed by atoms with Crippen LogP contribution >= 0.6 is 22.6 Å². The molecule has 2 N–H and O–H groups in total. The molecule has 0 fully saturated rings. The lowest BCUT2D eigenvalue weighted by Crippen LogP contribution is -2.27. The Morgan fingerprint density at radius 1 is 1.56 bits per heavy atom. The Kier molecular flexibility index (Phi) is 5.54. The molecule has 0 aliphatic rings. The molecule has 0 aromatic heterocycles. The number of nitrogens with one attached hydrogen (secondary N) is 1. The van der Waals surface area contributed by atoms with E-state index in [4.69, 9.17) is 4.74 Å². The van der Waals surface area contributed by atoms with Crippen molar-refractivity contribution >= 4 is 28.5 Å². The number of hydrogen-bond acceptors (Lipinski definition) is 3. The van der Waals surface area contributed by atoms with E-state index >= 15 is 0 Å². The minimum atomic E-state index is -0.202. The molecule has 0 radical (unpaired) electrons. The molecule has 0 atom stereocenters. The van der Waals surface area contributed by atoms with Crippen LogP contribution in [0.25, 0.3) is 0 Å². The minimum Gasteiger partial charge on any atom is -0.507 e. The van der Waals surface area contributed by atoms with Crippen molar-refractivity contribution in [2.75, 3.05) is 19.8 Å². The third-order valence-electron chi connectivity index (χ3n) is 1.94. The van der Waals surface area contributed by atoms with E-state index in [1.807, 2.05) is 29.5 Å². The SMILES string of the molecule is CCOCCNC(=O)c1ccc(I)c(O)c1. The first-order valence-electron chi connectivity index (χ1n) is 4.99. The summed E-state index contributed by atoms with van der Waals surface area (Å²) in [6.07, 6.45) is 0. The summed E-state index contributed by atoms with van der Waals surface area (Å²) in [6, 6.07) is 4.84. The van der Waals surface area contributed by atoms with Crippen LogP contribution in [0.5, 0.6) is 5.75 Å². The normalized spacial score (nSPS) is 10.1. The maximum atomic E-state index is 11.6. The molecule has 16 heavy (non-hydrogen) atoms. The van der Waals surface area contributed by atoms with Crippen LogP contribution in [0, 0.1) is 3.57 Å². The van der Waals surface area contributed by atoms with Gasteiger partial charge in [-0.1, -0.05) is 0 Å². The molecule has 0 saturated carbocycles. The Morgan fingerprint density at radius 2 is 2.31 bits per heavy atom. The number of halogens is 1. The zero-order chi connectivity index (χ0) is 12.0. The van der Waals surface area contributed by atoms with Gasteiger partial charge >= 0.3 is 0 Å². The van der Waals surface area contributed by atoms with Gasteiger partial charge in [0, 0.05) is 18.7 Å². The Morgan fingerprint density at radius 3 is 2.94 bits per heavy atom. The molecule has 88 valence electrons. The summed E-state index contributed by atoms with van der Waals surface area (Å²) in [6.45, 7) is 3.51. The molecule has 0 aliphatic heterocycles. The lowest BCUT2D eigenvalue weighted by Gasteiger charge is -2.06. The second-order valence-corrected chi connectivity index (χ2v) is 4.28. The van der Waals surface area contributed by atoms with Crippen molar-refractivity contribution in [3.05, 3.63) is 27.3 Å². The van der Waals surface area contributed by atoms with E-state index in [2.05, 4.69) is 5.32 Å². The van der Waals surface area contributed by atoms with E-state index in [0.717, 1.165) is 3.57 Å². The molecule has 1 aromatic carbocycles. The van der Waals surface area contributed by atoms with Gasteiger partial charge in [0.25, 0.3) is 5.91 Å². The van der Waals surface area contributed by atoms with Gasteiger partial charge in [-0.25, -0.2) is 0 Å². The van der Waals surface area contributed by atoms with Crippen LogP contribution in [-0.4, -0.2) is 30.8 Å². The number of carbonyl (C=O) groups is 1. The summed E-state index contributed by atoms with van der Waals surface area (Å²) in [7, 11) is 0. The second-order valence-electron chi connectivity index (χ2n) is 3.12. The van der Waals surface area contributed by atoms with Gasteiger partial charge in [0.05, 0.1) is 10.2 Å². The largest absolute Gasteiger partial charge is 0.507 e. The van der Waals surface area contributed by atoms with Crippen LogP contribution in [-0.2, 0) is 4.74 Å². The van der Waals surface area contributed by atoms with Crippen LogP contribution in [0.3, 0.4) is 0 Å². The maximum Gasteiger partial charge on any atom is 0.251 e. The van der Waals surface area contributed by atoms with E-state index in [1.54, 1.807) is 12.1 Å². The van der Waals surface area contributed by atoms with Crippen LogP contribution in [0.4, 0.5) is 0 Å². The van der Waals surface area contributed by atoms with E-state index in [1.165, 1.54) is 6.07 Å². The average Bonchev–Trinajstić information content (AvgIpc) is 2.28. The lowest BCUT2D eigenvalue weighted by atomic mass is 10.2. The van der Waals surface area contributed by atoms with Crippen molar-refractivity contribution in [2.24, 2.45) is 0 Å². The number of phenolic OH excluding ortho intramolecular Hbond substituents is 1. The smallest absolute Gasteiger partial charge is 0.251 e. The fourth-order valence-electron chi connectivity index (χ4n) is 1.14. The number of hydrogen-bond donors (Lipinski definition) is 2. The molecule has 0 bridgehead atoms. The molecular formula is C11H14INO3. The van der Waals surface area contributed by atoms with Gasteiger partial charge in [-0.2, -0.15) is 0 Å². The van der Waals surface area contributed by atoms with Crippen molar-refractivity contribution in [1.82, 2.24) is 5.32 Å². The highest BCUT2D eigenvalue weighted by atomic mass is 127. The van der Waals surface area contributed by atoms with Gasteiger partial charge in [0.2, 0.25) is 0 Å². The molecule has 0 aliphatic carbocycles. The molecule has 0 unspecified atom stereocenters. The number of amides is 1. The summed E-state index contributed by atoms with van der Waals surface area (Å²) < 4.78 is 5.82.